The standard InChI is InChI=1S/C22H20ClFN2O3S/c1-15(18-10-3-4-11-19(18)23)26(2)22(27)16-8-7-9-17(14-16)30(28,29)25-21-13-6-5-12-20(21)24/h3-15,25H,1-2H3. The summed E-state index contributed by atoms with van der Waals surface area (Å²) in [6, 6.07) is 17.9. The quantitative estimate of drug-likeness (QED) is 0.572. The largest absolute Gasteiger partial charge is 0.335 e. The predicted molar refractivity (Wildman–Crippen MR) is 116 cm³/mol. The molecule has 0 radical (unpaired) electrons. The summed E-state index contributed by atoms with van der Waals surface area (Å²) in [7, 11) is -2.46. The molecule has 156 valence electrons. The van der Waals surface area contributed by atoms with Gasteiger partial charge in [0.25, 0.3) is 15.9 Å². The maximum atomic E-state index is 13.8. The van der Waals surface area contributed by atoms with Gasteiger partial charge in [-0.15, -0.1) is 0 Å². The van der Waals surface area contributed by atoms with Crippen LogP contribution in [-0.2, 0) is 10.0 Å². The molecule has 3 rings (SSSR count). The zero-order valence-corrected chi connectivity index (χ0v) is 17.9. The Bertz CT molecular complexity index is 1180. The average molecular weight is 447 g/mol. The topological polar surface area (TPSA) is 66.5 Å². The van der Waals surface area contributed by atoms with Gasteiger partial charge < -0.3 is 4.90 Å². The van der Waals surface area contributed by atoms with Crippen LogP contribution in [0.2, 0.25) is 5.02 Å². The molecule has 0 aromatic heterocycles. The molecule has 0 spiro atoms. The van der Waals surface area contributed by atoms with Crippen LogP contribution in [0.4, 0.5) is 10.1 Å². The Morgan fingerprint density at radius 2 is 1.70 bits per heavy atom. The number of nitrogens with one attached hydrogen (secondary N) is 1. The lowest BCUT2D eigenvalue weighted by molar-refractivity contribution is 0.0742. The van der Waals surface area contributed by atoms with Gasteiger partial charge in [-0.1, -0.05) is 48.0 Å². The number of rotatable bonds is 6. The van der Waals surface area contributed by atoms with E-state index in [1.54, 1.807) is 19.2 Å². The van der Waals surface area contributed by atoms with Crippen molar-refractivity contribution in [3.05, 3.63) is 94.8 Å². The molecular formula is C22H20ClFN2O3S. The number of anilines is 1. The summed E-state index contributed by atoms with van der Waals surface area (Å²) in [6.45, 7) is 1.83. The molecule has 0 fully saturated rings. The van der Waals surface area contributed by atoms with Crippen molar-refractivity contribution in [1.82, 2.24) is 4.90 Å². The molecule has 1 unspecified atom stereocenters. The molecule has 1 atom stereocenters. The van der Waals surface area contributed by atoms with E-state index in [0.717, 1.165) is 11.6 Å². The van der Waals surface area contributed by atoms with E-state index in [9.17, 15) is 17.6 Å². The molecule has 0 bridgehead atoms. The second-order valence-electron chi connectivity index (χ2n) is 6.73. The summed E-state index contributed by atoms with van der Waals surface area (Å²) in [4.78, 5) is 14.3. The molecule has 0 saturated carbocycles. The molecule has 3 aromatic carbocycles. The van der Waals surface area contributed by atoms with E-state index in [0.29, 0.717) is 5.02 Å². The highest BCUT2D eigenvalue weighted by Crippen LogP contribution is 2.28. The van der Waals surface area contributed by atoms with Crippen molar-refractivity contribution in [2.45, 2.75) is 17.9 Å². The summed E-state index contributed by atoms with van der Waals surface area (Å²) in [5.41, 5.74) is 0.798. The molecule has 0 aliphatic rings. The minimum atomic E-state index is -4.08. The van der Waals surface area contributed by atoms with E-state index in [1.165, 1.54) is 47.4 Å². The zero-order valence-electron chi connectivity index (χ0n) is 16.3. The molecule has 0 aliphatic carbocycles. The van der Waals surface area contributed by atoms with Gasteiger partial charge >= 0.3 is 0 Å². The van der Waals surface area contributed by atoms with Crippen LogP contribution >= 0.6 is 11.6 Å². The minimum Gasteiger partial charge on any atom is -0.335 e. The predicted octanol–water partition coefficient (Wildman–Crippen LogP) is 5.11. The fraction of sp³-hybridized carbons (Fsp3) is 0.136. The number of hydrogen-bond donors (Lipinski definition) is 1. The number of carbonyl (C=O) groups excluding carboxylic acids is 1. The highest BCUT2D eigenvalue weighted by Gasteiger charge is 2.23. The lowest BCUT2D eigenvalue weighted by atomic mass is 10.1. The SMILES string of the molecule is CC(c1ccccc1Cl)N(C)C(=O)c1cccc(S(=O)(=O)Nc2ccccc2F)c1. The Labute approximate surface area is 180 Å². The monoisotopic (exact) mass is 446 g/mol. The minimum absolute atomic E-state index is 0.143. The molecule has 0 heterocycles. The number of nitrogens with zero attached hydrogens (tertiary/aromatic N) is 1. The van der Waals surface area contributed by atoms with Crippen molar-refractivity contribution in [2.75, 3.05) is 11.8 Å². The first-order valence-electron chi connectivity index (χ1n) is 9.09. The lowest BCUT2D eigenvalue weighted by Gasteiger charge is -2.26. The summed E-state index contributed by atoms with van der Waals surface area (Å²) in [6.07, 6.45) is 0. The van der Waals surface area contributed by atoms with Crippen LogP contribution in [0.25, 0.3) is 0 Å². The zero-order chi connectivity index (χ0) is 21.9. The maximum Gasteiger partial charge on any atom is 0.262 e. The van der Waals surface area contributed by atoms with Crippen LogP contribution in [0.5, 0.6) is 0 Å². The van der Waals surface area contributed by atoms with E-state index in [-0.39, 0.29) is 28.1 Å². The first-order valence-corrected chi connectivity index (χ1v) is 11.0. The summed E-state index contributed by atoms with van der Waals surface area (Å²) in [5, 5.41) is 0.537. The van der Waals surface area contributed by atoms with Crippen molar-refractivity contribution >= 4 is 33.2 Å². The smallest absolute Gasteiger partial charge is 0.262 e. The number of sulfonamides is 1. The van der Waals surface area contributed by atoms with E-state index < -0.39 is 15.8 Å². The molecule has 8 heteroatoms. The van der Waals surface area contributed by atoms with Crippen LogP contribution in [0.1, 0.15) is 28.9 Å². The van der Waals surface area contributed by atoms with Crippen molar-refractivity contribution in [3.8, 4) is 0 Å². The van der Waals surface area contributed by atoms with Gasteiger partial charge in [-0.3, -0.25) is 9.52 Å². The summed E-state index contributed by atoms with van der Waals surface area (Å²) < 4.78 is 41.4. The Hall–Kier alpha value is -2.90. The van der Waals surface area contributed by atoms with Crippen LogP contribution < -0.4 is 4.72 Å². The van der Waals surface area contributed by atoms with Crippen molar-refractivity contribution < 1.29 is 17.6 Å². The Morgan fingerprint density at radius 3 is 2.40 bits per heavy atom. The first kappa shape index (κ1) is 21.8. The Kier molecular flexibility index (Phi) is 6.43. The van der Waals surface area contributed by atoms with Crippen molar-refractivity contribution in [2.24, 2.45) is 0 Å². The number of carbonyl (C=O) groups is 1. The average Bonchev–Trinajstić information content (AvgIpc) is 2.74. The molecule has 5 nitrogen and oxygen atoms in total. The highest BCUT2D eigenvalue weighted by atomic mass is 35.5. The fourth-order valence-corrected chi connectivity index (χ4v) is 4.35. The first-order chi connectivity index (χ1) is 14.2. The molecule has 0 saturated heterocycles. The van der Waals surface area contributed by atoms with Crippen molar-refractivity contribution in [3.63, 3.8) is 0 Å². The fourth-order valence-electron chi connectivity index (χ4n) is 2.95. The summed E-state index contributed by atoms with van der Waals surface area (Å²) >= 11 is 6.23. The van der Waals surface area contributed by atoms with Crippen LogP contribution in [-0.4, -0.2) is 26.3 Å². The van der Waals surface area contributed by atoms with Gasteiger partial charge in [0.1, 0.15) is 5.82 Å². The Balaban J connectivity index is 1.86. The Morgan fingerprint density at radius 1 is 1.03 bits per heavy atom. The third-order valence-corrected chi connectivity index (χ3v) is 6.47. The molecule has 1 N–H and O–H groups in total. The van der Waals surface area contributed by atoms with Gasteiger partial charge in [-0.2, -0.15) is 0 Å². The number of amides is 1. The molecule has 1 amide bonds. The normalized spacial score (nSPS) is 12.3. The van der Waals surface area contributed by atoms with Gasteiger partial charge in [-0.05, 0) is 48.9 Å². The van der Waals surface area contributed by atoms with E-state index in [4.69, 9.17) is 11.6 Å². The number of hydrogen-bond acceptors (Lipinski definition) is 3. The second-order valence-corrected chi connectivity index (χ2v) is 8.82. The van der Waals surface area contributed by atoms with Gasteiger partial charge in [0, 0.05) is 17.6 Å². The number of benzene rings is 3. The highest BCUT2D eigenvalue weighted by molar-refractivity contribution is 7.92. The molecule has 30 heavy (non-hydrogen) atoms. The van der Waals surface area contributed by atoms with Gasteiger partial charge in [0.2, 0.25) is 0 Å². The maximum absolute atomic E-state index is 13.8. The molecule has 0 aliphatic heterocycles. The van der Waals surface area contributed by atoms with E-state index in [2.05, 4.69) is 4.72 Å². The van der Waals surface area contributed by atoms with Crippen LogP contribution in [0.3, 0.4) is 0 Å². The lowest BCUT2D eigenvalue weighted by Crippen LogP contribution is -2.30. The van der Waals surface area contributed by atoms with Gasteiger partial charge in [-0.25, -0.2) is 12.8 Å². The van der Waals surface area contributed by atoms with Gasteiger partial charge in [0.15, 0.2) is 0 Å². The third-order valence-electron chi connectivity index (χ3n) is 4.77. The number of para-hydroxylation sites is 1. The van der Waals surface area contributed by atoms with Crippen LogP contribution in [0.15, 0.2) is 77.7 Å². The molecular weight excluding hydrogens is 427 g/mol. The summed E-state index contributed by atoms with van der Waals surface area (Å²) in [5.74, 6) is -1.06. The third kappa shape index (κ3) is 4.63. The second kappa shape index (κ2) is 8.85. The van der Waals surface area contributed by atoms with E-state index >= 15 is 0 Å². The molecule has 3 aromatic rings. The number of halogens is 2. The van der Waals surface area contributed by atoms with Gasteiger partial charge in [0.05, 0.1) is 16.6 Å². The van der Waals surface area contributed by atoms with Crippen molar-refractivity contribution in [1.29, 1.82) is 0 Å². The van der Waals surface area contributed by atoms with Crippen LogP contribution in [0, 0.1) is 5.82 Å². The van der Waals surface area contributed by atoms with E-state index in [1.807, 2.05) is 19.1 Å².